The normalized spacial score (nSPS) is 12.6. The zero-order valence-corrected chi connectivity index (χ0v) is 17.1. The van der Waals surface area contributed by atoms with Gasteiger partial charge in [-0.3, -0.25) is 4.79 Å². The molecule has 5 nitrogen and oxygen atoms in total. The van der Waals surface area contributed by atoms with Crippen LogP contribution >= 0.6 is 0 Å². The van der Waals surface area contributed by atoms with E-state index >= 15 is 0 Å². The summed E-state index contributed by atoms with van der Waals surface area (Å²) < 4.78 is 10.9. The Labute approximate surface area is 163 Å². The minimum absolute atomic E-state index is 0.186. The quantitative estimate of drug-likeness (QED) is 0.378. The second-order valence-electron chi connectivity index (χ2n) is 7.72. The fraction of sp³-hybridized carbons (Fsp3) is 0.682. The van der Waals surface area contributed by atoms with Gasteiger partial charge in [-0.2, -0.15) is 0 Å². The van der Waals surface area contributed by atoms with E-state index in [0.29, 0.717) is 19.4 Å². The minimum Gasteiger partial charge on any atom is -0.493 e. The van der Waals surface area contributed by atoms with E-state index in [-0.39, 0.29) is 18.5 Å². The molecule has 0 aliphatic carbocycles. The lowest BCUT2D eigenvalue weighted by Gasteiger charge is -2.19. The molecular weight excluding hydrogens is 344 g/mol. The van der Waals surface area contributed by atoms with E-state index < -0.39 is 5.60 Å². The third kappa shape index (κ3) is 10.4. The number of aliphatic hydroxyl groups is 2. The number of esters is 1. The van der Waals surface area contributed by atoms with Crippen LogP contribution in [0.2, 0.25) is 0 Å². The van der Waals surface area contributed by atoms with Crippen molar-refractivity contribution in [2.45, 2.75) is 70.8 Å². The molecule has 0 aliphatic rings. The maximum atomic E-state index is 12.2. The molecule has 0 fully saturated rings. The number of carbonyl (C=O) groups excluding carboxylic acids is 1. The highest BCUT2D eigenvalue weighted by Gasteiger charge is 2.21. The van der Waals surface area contributed by atoms with Gasteiger partial charge in [0.25, 0.3) is 0 Å². The van der Waals surface area contributed by atoms with Crippen molar-refractivity contribution < 1.29 is 24.5 Å². The Morgan fingerprint density at radius 3 is 2.48 bits per heavy atom. The fourth-order valence-corrected chi connectivity index (χ4v) is 3.09. The van der Waals surface area contributed by atoms with Crippen LogP contribution in [0.25, 0.3) is 0 Å². The van der Waals surface area contributed by atoms with E-state index in [9.17, 15) is 9.90 Å². The van der Waals surface area contributed by atoms with Crippen molar-refractivity contribution in [3.8, 4) is 5.75 Å². The predicted molar refractivity (Wildman–Crippen MR) is 107 cm³/mol. The lowest BCUT2D eigenvalue weighted by atomic mass is 9.93. The molecule has 1 aromatic rings. The summed E-state index contributed by atoms with van der Waals surface area (Å²) >= 11 is 0. The SMILES string of the molecule is COC(=O)C(CCCCCCO)Cc1ccccc1OCCCC(C)(C)O. The summed E-state index contributed by atoms with van der Waals surface area (Å²) in [4.78, 5) is 12.2. The van der Waals surface area contributed by atoms with Crippen LogP contribution in [0.1, 0.15) is 64.4 Å². The van der Waals surface area contributed by atoms with Gasteiger partial charge >= 0.3 is 5.97 Å². The number of carbonyl (C=O) groups is 1. The number of unbranched alkanes of at least 4 members (excludes halogenated alkanes) is 3. The van der Waals surface area contributed by atoms with E-state index in [1.807, 2.05) is 24.3 Å². The van der Waals surface area contributed by atoms with Gasteiger partial charge in [-0.15, -0.1) is 0 Å². The van der Waals surface area contributed by atoms with Crippen LogP contribution in [0.4, 0.5) is 0 Å². The van der Waals surface area contributed by atoms with Crippen molar-refractivity contribution in [2.24, 2.45) is 5.92 Å². The van der Waals surface area contributed by atoms with E-state index in [2.05, 4.69) is 0 Å². The molecule has 27 heavy (non-hydrogen) atoms. The van der Waals surface area contributed by atoms with Crippen LogP contribution < -0.4 is 4.74 Å². The molecule has 0 aliphatic heterocycles. The van der Waals surface area contributed by atoms with E-state index in [0.717, 1.165) is 49.8 Å². The number of ether oxygens (including phenoxy) is 2. The van der Waals surface area contributed by atoms with Crippen molar-refractivity contribution in [1.29, 1.82) is 0 Å². The zero-order chi connectivity index (χ0) is 20.1. The highest BCUT2D eigenvalue weighted by atomic mass is 16.5. The Hall–Kier alpha value is -1.59. The summed E-state index contributed by atoms with van der Waals surface area (Å²) in [5.41, 5.74) is 0.320. The number of aliphatic hydroxyl groups excluding tert-OH is 1. The monoisotopic (exact) mass is 380 g/mol. The van der Waals surface area contributed by atoms with Gasteiger partial charge in [-0.1, -0.05) is 37.5 Å². The number of para-hydroxylation sites is 1. The number of rotatable bonds is 14. The van der Waals surface area contributed by atoms with Gasteiger partial charge in [-0.05, 0) is 57.6 Å². The smallest absolute Gasteiger partial charge is 0.308 e. The molecular formula is C22H36O5. The van der Waals surface area contributed by atoms with E-state index in [1.165, 1.54) is 7.11 Å². The van der Waals surface area contributed by atoms with Crippen LogP contribution in [0.5, 0.6) is 5.75 Å². The third-order valence-corrected chi connectivity index (χ3v) is 4.62. The first kappa shape index (κ1) is 23.4. The molecule has 1 rings (SSSR count). The first-order valence-electron chi connectivity index (χ1n) is 9.99. The standard InChI is InChI=1S/C22H36O5/c1-22(2,25)14-10-16-27-20-13-8-7-11-18(20)17-19(21(24)26-3)12-6-4-5-9-15-23/h7-8,11,13,19,23,25H,4-6,9-10,12,14-17H2,1-3H3. The molecule has 1 unspecified atom stereocenters. The lowest BCUT2D eigenvalue weighted by molar-refractivity contribution is -0.145. The Bertz CT molecular complexity index is 536. The highest BCUT2D eigenvalue weighted by Crippen LogP contribution is 2.25. The van der Waals surface area contributed by atoms with Crippen molar-refractivity contribution in [3.63, 3.8) is 0 Å². The summed E-state index contributed by atoms with van der Waals surface area (Å²) in [6, 6.07) is 7.80. The van der Waals surface area contributed by atoms with Crippen molar-refractivity contribution in [3.05, 3.63) is 29.8 Å². The first-order valence-corrected chi connectivity index (χ1v) is 9.99. The van der Waals surface area contributed by atoms with Crippen LogP contribution in [-0.2, 0) is 16.0 Å². The average molecular weight is 381 g/mol. The van der Waals surface area contributed by atoms with Crippen LogP contribution in [-0.4, -0.2) is 42.1 Å². The maximum absolute atomic E-state index is 12.2. The van der Waals surface area contributed by atoms with Crippen molar-refractivity contribution in [2.75, 3.05) is 20.3 Å². The Balaban J connectivity index is 2.62. The summed E-state index contributed by atoms with van der Waals surface area (Å²) in [5, 5.41) is 18.6. The number of hydrogen-bond donors (Lipinski definition) is 2. The van der Waals surface area contributed by atoms with Crippen molar-refractivity contribution >= 4 is 5.97 Å². The third-order valence-electron chi connectivity index (χ3n) is 4.62. The summed E-state index contributed by atoms with van der Waals surface area (Å²) in [7, 11) is 1.43. The molecule has 0 spiro atoms. The van der Waals surface area contributed by atoms with Gasteiger partial charge in [-0.25, -0.2) is 0 Å². The largest absolute Gasteiger partial charge is 0.493 e. The predicted octanol–water partition coefficient (Wildman–Crippen LogP) is 3.89. The zero-order valence-electron chi connectivity index (χ0n) is 17.1. The summed E-state index contributed by atoms with van der Waals surface area (Å²) in [5.74, 6) is 0.418. The molecule has 154 valence electrons. The molecule has 2 N–H and O–H groups in total. The Morgan fingerprint density at radius 2 is 1.81 bits per heavy atom. The number of methoxy groups -OCH3 is 1. The molecule has 0 radical (unpaired) electrons. The second-order valence-corrected chi connectivity index (χ2v) is 7.72. The highest BCUT2D eigenvalue weighted by molar-refractivity contribution is 5.72. The summed E-state index contributed by atoms with van der Waals surface area (Å²) in [6.45, 7) is 4.34. The molecule has 1 atom stereocenters. The van der Waals surface area contributed by atoms with Gasteiger partial charge in [0.2, 0.25) is 0 Å². The molecule has 0 heterocycles. The van der Waals surface area contributed by atoms with E-state index in [1.54, 1.807) is 13.8 Å². The fourth-order valence-electron chi connectivity index (χ4n) is 3.09. The van der Waals surface area contributed by atoms with Gasteiger partial charge in [0.1, 0.15) is 5.75 Å². The number of hydrogen-bond acceptors (Lipinski definition) is 5. The maximum Gasteiger partial charge on any atom is 0.308 e. The summed E-state index contributed by atoms with van der Waals surface area (Å²) in [6.07, 6.45) is 6.53. The first-order chi connectivity index (χ1) is 12.9. The molecule has 0 aromatic heterocycles. The topological polar surface area (TPSA) is 76.0 Å². The molecule has 0 bridgehead atoms. The van der Waals surface area contributed by atoms with Gasteiger partial charge < -0.3 is 19.7 Å². The average Bonchev–Trinajstić information content (AvgIpc) is 2.63. The van der Waals surface area contributed by atoms with Crippen molar-refractivity contribution in [1.82, 2.24) is 0 Å². The second kappa shape index (κ2) is 12.7. The minimum atomic E-state index is -0.686. The van der Waals surface area contributed by atoms with Crippen LogP contribution in [0.15, 0.2) is 24.3 Å². The van der Waals surface area contributed by atoms with Gasteiger partial charge in [0.05, 0.1) is 25.2 Å². The Morgan fingerprint density at radius 1 is 1.11 bits per heavy atom. The molecule has 0 amide bonds. The molecule has 5 heteroatoms. The van der Waals surface area contributed by atoms with Gasteiger partial charge in [0.15, 0.2) is 0 Å². The lowest BCUT2D eigenvalue weighted by Crippen LogP contribution is -2.20. The molecule has 0 saturated carbocycles. The number of benzene rings is 1. The van der Waals surface area contributed by atoms with Crippen LogP contribution in [0.3, 0.4) is 0 Å². The van der Waals surface area contributed by atoms with Crippen LogP contribution in [0, 0.1) is 5.92 Å². The molecule has 1 aromatic carbocycles. The molecule has 0 saturated heterocycles. The Kier molecular flexibility index (Phi) is 11.1. The van der Waals surface area contributed by atoms with Gasteiger partial charge in [0, 0.05) is 6.61 Å². The van der Waals surface area contributed by atoms with E-state index in [4.69, 9.17) is 14.6 Å².